The molecule has 0 saturated carbocycles. The first-order valence-corrected chi connectivity index (χ1v) is 5.62. The van der Waals surface area contributed by atoms with Crippen molar-refractivity contribution in [2.45, 2.75) is 19.9 Å². The predicted octanol–water partition coefficient (Wildman–Crippen LogP) is 3.28. The molecule has 0 spiro atoms. The molecule has 0 aromatic heterocycles. The minimum atomic E-state index is -0.465. The SMILES string of the molecule is CC(C)[C@H]1COC(c2cccc(Cl)c2F)=N1. The van der Waals surface area contributed by atoms with E-state index >= 15 is 0 Å². The molecule has 2 nitrogen and oxygen atoms in total. The molecule has 1 aromatic rings. The van der Waals surface area contributed by atoms with Crippen molar-refractivity contribution in [3.63, 3.8) is 0 Å². The van der Waals surface area contributed by atoms with E-state index in [2.05, 4.69) is 18.8 Å². The maximum absolute atomic E-state index is 13.7. The highest BCUT2D eigenvalue weighted by Crippen LogP contribution is 2.23. The molecular weight excluding hydrogens is 229 g/mol. The summed E-state index contributed by atoms with van der Waals surface area (Å²) in [6.45, 7) is 4.64. The lowest BCUT2D eigenvalue weighted by Gasteiger charge is -2.06. The van der Waals surface area contributed by atoms with Crippen LogP contribution in [0.25, 0.3) is 0 Å². The van der Waals surface area contributed by atoms with Crippen molar-refractivity contribution in [2.24, 2.45) is 10.9 Å². The molecule has 0 N–H and O–H groups in total. The quantitative estimate of drug-likeness (QED) is 0.779. The maximum Gasteiger partial charge on any atom is 0.219 e. The van der Waals surface area contributed by atoms with Crippen molar-refractivity contribution in [2.75, 3.05) is 6.61 Å². The average Bonchev–Trinajstić information content (AvgIpc) is 2.71. The molecule has 4 heteroatoms. The summed E-state index contributed by atoms with van der Waals surface area (Å²) in [4.78, 5) is 4.36. The molecule has 16 heavy (non-hydrogen) atoms. The third kappa shape index (κ3) is 2.05. The van der Waals surface area contributed by atoms with Crippen LogP contribution in [0.5, 0.6) is 0 Å². The number of hydrogen-bond donors (Lipinski definition) is 0. The molecule has 1 aromatic carbocycles. The maximum atomic E-state index is 13.7. The van der Waals surface area contributed by atoms with Gasteiger partial charge >= 0.3 is 0 Å². The van der Waals surface area contributed by atoms with Gasteiger partial charge in [0.05, 0.1) is 16.6 Å². The summed E-state index contributed by atoms with van der Waals surface area (Å²) in [7, 11) is 0. The Labute approximate surface area is 99.1 Å². The van der Waals surface area contributed by atoms with E-state index in [9.17, 15) is 4.39 Å². The summed E-state index contributed by atoms with van der Waals surface area (Å²) in [6.07, 6.45) is 0. The molecule has 1 aliphatic rings. The fourth-order valence-corrected chi connectivity index (χ4v) is 1.72. The van der Waals surface area contributed by atoms with Gasteiger partial charge in [0.2, 0.25) is 5.90 Å². The third-order valence-corrected chi connectivity index (χ3v) is 2.92. The van der Waals surface area contributed by atoms with Gasteiger partial charge < -0.3 is 4.74 Å². The van der Waals surface area contributed by atoms with Crippen LogP contribution in [-0.2, 0) is 4.74 Å². The highest BCUT2D eigenvalue weighted by molar-refractivity contribution is 6.31. The van der Waals surface area contributed by atoms with Gasteiger partial charge in [0, 0.05) is 0 Å². The number of halogens is 2. The van der Waals surface area contributed by atoms with Crippen molar-refractivity contribution < 1.29 is 9.13 Å². The van der Waals surface area contributed by atoms with Gasteiger partial charge in [-0.1, -0.05) is 31.5 Å². The largest absolute Gasteiger partial charge is 0.475 e. The molecule has 1 aliphatic heterocycles. The first-order chi connectivity index (χ1) is 7.59. The molecule has 1 atom stereocenters. The number of hydrogen-bond acceptors (Lipinski definition) is 2. The Morgan fingerprint density at radius 3 is 2.88 bits per heavy atom. The van der Waals surface area contributed by atoms with Crippen LogP contribution in [0.1, 0.15) is 19.4 Å². The fourth-order valence-electron chi connectivity index (χ4n) is 1.55. The van der Waals surface area contributed by atoms with Gasteiger partial charge in [-0.25, -0.2) is 9.38 Å². The number of rotatable bonds is 2. The van der Waals surface area contributed by atoms with Crippen molar-refractivity contribution in [3.05, 3.63) is 34.6 Å². The lowest BCUT2D eigenvalue weighted by molar-refractivity contribution is 0.291. The highest BCUT2D eigenvalue weighted by Gasteiger charge is 2.24. The lowest BCUT2D eigenvalue weighted by Crippen LogP contribution is -2.13. The number of aliphatic imine (C=N–C) groups is 1. The summed E-state index contributed by atoms with van der Waals surface area (Å²) in [5.41, 5.74) is 0.343. The van der Waals surface area contributed by atoms with Crippen LogP contribution in [0.4, 0.5) is 4.39 Å². The van der Waals surface area contributed by atoms with E-state index in [1.54, 1.807) is 12.1 Å². The highest BCUT2D eigenvalue weighted by atomic mass is 35.5. The molecule has 0 fully saturated rings. The van der Waals surface area contributed by atoms with Gasteiger partial charge in [-0.15, -0.1) is 0 Å². The molecular formula is C12H13ClFNO. The number of benzene rings is 1. The van der Waals surface area contributed by atoms with Gasteiger partial charge in [0.25, 0.3) is 0 Å². The van der Waals surface area contributed by atoms with Crippen molar-refractivity contribution >= 4 is 17.5 Å². The van der Waals surface area contributed by atoms with Crippen LogP contribution in [-0.4, -0.2) is 18.5 Å². The summed E-state index contributed by atoms with van der Waals surface area (Å²) < 4.78 is 19.1. The second kappa shape index (κ2) is 4.42. The zero-order chi connectivity index (χ0) is 11.7. The fraction of sp³-hybridized carbons (Fsp3) is 0.417. The molecule has 2 rings (SSSR count). The van der Waals surface area contributed by atoms with Crippen LogP contribution < -0.4 is 0 Å². The molecule has 0 bridgehead atoms. The van der Waals surface area contributed by atoms with Crippen LogP contribution >= 0.6 is 11.6 Å². The Morgan fingerprint density at radius 2 is 2.25 bits per heavy atom. The van der Waals surface area contributed by atoms with Crippen LogP contribution in [0.2, 0.25) is 5.02 Å². The Morgan fingerprint density at radius 1 is 1.50 bits per heavy atom. The molecule has 0 aliphatic carbocycles. The smallest absolute Gasteiger partial charge is 0.219 e. The summed E-state index contributed by atoms with van der Waals surface area (Å²) in [6, 6.07) is 4.93. The molecule has 0 radical (unpaired) electrons. The Hall–Kier alpha value is -1.09. The van der Waals surface area contributed by atoms with E-state index in [4.69, 9.17) is 16.3 Å². The standard InChI is InChI=1S/C12H13ClFNO/c1-7(2)10-6-16-12(15-10)8-4-3-5-9(13)11(8)14/h3-5,7,10H,6H2,1-2H3/t10-/m1/s1. The van der Waals surface area contributed by atoms with Gasteiger partial charge in [-0.3, -0.25) is 0 Å². The van der Waals surface area contributed by atoms with Crippen molar-refractivity contribution in [3.8, 4) is 0 Å². The molecule has 86 valence electrons. The monoisotopic (exact) mass is 241 g/mol. The lowest BCUT2D eigenvalue weighted by atomic mass is 10.1. The van der Waals surface area contributed by atoms with Crippen LogP contribution in [0.15, 0.2) is 23.2 Å². The first kappa shape index (κ1) is 11.4. The summed E-state index contributed by atoms with van der Waals surface area (Å²) >= 11 is 5.71. The van der Waals surface area contributed by atoms with Crippen LogP contribution in [0.3, 0.4) is 0 Å². The second-order valence-electron chi connectivity index (χ2n) is 4.16. The van der Waals surface area contributed by atoms with E-state index in [-0.39, 0.29) is 11.1 Å². The van der Waals surface area contributed by atoms with E-state index < -0.39 is 5.82 Å². The Balaban J connectivity index is 2.32. The Kier molecular flexibility index (Phi) is 3.15. The summed E-state index contributed by atoms with van der Waals surface area (Å²) in [5.74, 6) is 0.283. The average molecular weight is 242 g/mol. The third-order valence-electron chi connectivity index (χ3n) is 2.63. The second-order valence-corrected chi connectivity index (χ2v) is 4.57. The van der Waals surface area contributed by atoms with Crippen molar-refractivity contribution in [1.82, 2.24) is 0 Å². The van der Waals surface area contributed by atoms with Crippen LogP contribution in [0, 0.1) is 11.7 Å². The number of nitrogens with zero attached hydrogens (tertiary/aromatic N) is 1. The minimum Gasteiger partial charge on any atom is -0.475 e. The Bertz CT molecular complexity index is 431. The molecule has 0 saturated heterocycles. The van der Waals surface area contributed by atoms with Gasteiger partial charge in [0.15, 0.2) is 5.82 Å². The van der Waals surface area contributed by atoms with Gasteiger partial charge in [-0.2, -0.15) is 0 Å². The zero-order valence-corrected chi connectivity index (χ0v) is 9.96. The van der Waals surface area contributed by atoms with E-state index in [0.717, 1.165) is 0 Å². The molecule has 1 heterocycles. The van der Waals surface area contributed by atoms with E-state index in [1.165, 1.54) is 6.07 Å². The van der Waals surface area contributed by atoms with E-state index in [0.29, 0.717) is 24.0 Å². The summed E-state index contributed by atoms with van der Waals surface area (Å²) in [5, 5.41) is 0.0943. The first-order valence-electron chi connectivity index (χ1n) is 5.24. The molecule has 0 amide bonds. The minimum absolute atomic E-state index is 0.0943. The molecule has 0 unspecified atom stereocenters. The van der Waals surface area contributed by atoms with Gasteiger partial charge in [-0.05, 0) is 18.1 Å². The van der Waals surface area contributed by atoms with Crippen molar-refractivity contribution in [1.29, 1.82) is 0 Å². The predicted molar refractivity (Wildman–Crippen MR) is 62.5 cm³/mol. The zero-order valence-electron chi connectivity index (χ0n) is 9.21. The van der Waals surface area contributed by atoms with E-state index in [1.807, 2.05) is 0 Å². The van der Waals surface area contributed by atoms with Gasteiger partial charge in [0.1, 0.15) is 6.61 Å². The topological polar surface area (TPSA) is 21.6 Å². The number of ether oxygens (including phenoxy) is 1. The normalized spacial score (nSPS) is 19.8.